The number of aryl methyl sites for hydroxylation is 2. The van der Waals surface area contributed by atoms with E-state index in [9.17, 15) is 9.59 Å². The molecule has 0 aromatic carbocycles. The molecular formula is C32H53N5O3. The van der Waals surface area contributed by atoms with E-state index in [0.717, 1.165) is 57.1 Å². The molecule has 1 aromatic rings. The second-order valence-electron chi connectivity index (χ2n) is 13.4. The molecule has 4 fully saturated rings. The predicted octanol–water partition coefficient (Wildman–Crippen LogP) is 3.21. The van der Waals surface area contributed by atoms with E-state index in [0.29, 0.717) is 48.0 Å². The summed E-state index contributed by atoms with van der Waals surface area (Å²) in [5, 5.41) is 7.09. The molecule has 8 nitrogen and oxygen atoms in total. The van der Waals surface area contributed by atoms with Gasteiger partial charge in [0.25, 0.3) is 5.56 Å². The van der Waals surface area contributed by atoms with Gasteiger partial charge in [0.2, 0.25) is 5.91 Å². The first kappa shape index (κ1) is 29.7. The average Bonchev–Trinajstić information content (AvgIpc) is 3.48. The van der Waals surface area contributed by atoms with Crippen LogP contribution in [0.2, 0.25) is 0 Å². The molecule has 0 spiro atoms. The van der Waals surface area contributed by atoms with Crippen LogP contribution >= 0.6 is 0 Å². The van der Waals surface area contributed by atoms with Crippen molar-refractivity contribution in [3.63, 3.8) is 0 Å². The van der Waals surface area contributed by atoms with Gasteiger partial charge in [-0.25, -0.2) is 0 Å². The highest BCUT2D eigenvalue weighted by atomic mass is 16.5. The fraction of sp³-hybridized carbons (Fsp3) is 0.812. The van der Waals surface area contributed by atoms with Crippen LogP contribution in [0.5, 0.6) is 0 Å². The highest BCUT2D eigenvalue weighted by molar-refractivity contribution is 5.79. The van der Waals surface area contributed by atoms with Gasteiger partial charge >= 0.3 is 0 Å². The second kappa shape index (κ2) is 13.5. The predicted molar refractivity (Wildman–Crippen MR) is 159 cm³/mol. The van der Waals surface area contributed by atoms with Crippen molar-refractivity contribution >= 4 is 5.91 Å². The van der Waals surface area contributed by atoms with Crippen molar-refractivity contribution in [2.75, 3.05) is 46.4 Å². The smallest absolute Gasteiger partial charge is 0.253 e. The molecule has 2 saturated heterocycles. The van der Waals surface area contributed by atoms with E-state index in [2.05, 4.69) is 39.4 Å². The van der Waals surface area contributed by atoms with Gasteiger partial charge in [-0.15, -0.1) is 0 Å². The fourth-order valence-electron chi connectivity index (χ4n) is 8.28. The van der Waals surface area contributed by atoms with Gasteiger partial charge in [0.05, 0.1) is 13.2 Å². The summed E-state index contributed by atoms with van der Waals surface area (Å²) < 4.78 is 5.53. The summed E-state index contributed by atoms with van der Waals surface area (Å²) in [5.74, 6) is 1.55. The summed E-state index contributed by atoms with van der Waals surface area (Å²) in [7, 11) is 2.32. The van der Waals surface area contributed by atoms with Gasteiger partial charge in [-0.3, -0.25) is 14.5 Å². The van der Waals surface area contributed by atoms with Crippen molar-refractivity contribution in [1.82, 2.24) is 25.4 Å². The molecule has 0 bridgehead atoms. The van der Waals surface area contributed by atoms with Crippen molar-refractivity contribution in [2.24, 2.45) is 23.7 Å². The van der Waals surface area contributed by atoms with Crippen LogP contribution in [0, 0.1) is 37.5 Å². The highest BCUT2D eigenvalue weighted by Crippen LogP contribution is 2.43. The van der Waals surface area contributed by atoms with Gasteiger partial charge in [-0.05, 0) is 95.3 Å². The Bertz CT molecular complexity index is 1040. The number of hydrogen-bond donors (Lipinski definition) is 3. The minimum Gasteiger partial charge on any atom is -0.379 e. The Kier molecular flexibility index (Phi) is 10.0. The maximum Gasteiger partial charge on any atom is 0.253 e. The number of carbonyl (C=O) groups is 1. The molecule has 6 atom stereocenters. The molecular weight excluding hydrogens is 502 g/mol. The molecule has 6 unspecified atom stereocenters. The number of pyridine rings is 1. The van der Waals surface area contributed by atoms with E-state index in [1.54, 1.807) is 0 Å². The number of piperidine rings is 1. The summed E-state index contributed by atoms with van der Waals surface area (Å²) in [5.41, 5.74) is 2.37. The van der Waals surface area contributed by atoms with Crippen LogP contribution in [-0.4, -0.2) is 85.3 Å². The summed E-state index contributed by atoms with van der Waals surface area (Å²) in [6, 6.07) is 3.61. The first-order chi connectivity index (χ1) is 19.3. The minimum absolute atomic E-state index is 0.0245. The maximum atomic E-state index is 13.8. The van der Waals surface area contributed by atoms with Crippen LogP contribution in [-0.2, 0) is 16.1 Å². The number of aromatic nitrogens is 1. The lowest BCUT2D eigenvalue weighted by molar-refractivity contribution is -0.131. The number of carbonyl (C=O) groups excluding carboxylic acids is 1. The molecule has 224 valence electrons. The zero-order valence-corrected chi connectivity index (χ0v) is 25.3. The van der Waals surface area contributed by atoms with Crippen molar-refractivity contribution in [3.05, 3.63) is 33.2 Å². The van der Waals surface area contributed by atoms with E-state index >= 15 is 0 Å². The second-order valence-corrected chi connectivity index (χ2v) is 13.4. The van der Waals surface area contributed by atoms with Crippen molar-refractivity contribution in [2.45, 2.75) is 96.8 Å². The Hall–Kier alpha value is -1.74. The third-order valence-electron chi connectivity index (χ3n) is 10.8. The number of hydrogen-bond acceptors (Lipinski definition) is 6. The lowest BCUT2D eigenvalue weighted by Crippen LogP contribution is -2.54. The molecule has 8 heteroatoms. The normalized spacial score (nSPS) is 32.4. The lowest BCUT2D eigenvalue weighted by Gasteiger charge is -2.48. The SMILES string of the molecule is Cc1cc(C)c(CNC(=O)C2CC(C3CCC(CN4CCOCC4)NC3)CC(N(C)C3CCCC3)C2C)c(=O)[nH]1. The van der Waals surface area contributed by atoms with Crippen molar-refractivity contribution in [1.29, 1.82) is 0 Å². The Labute approximate surface area is 241 Å². The topological polar surface area (TPSA) is 89.7 Å². The Morgan fingerprint density at radius 3 is 2.52 bits per heavy atom. The molecule has 1 amide bonds. The molecule has 4 aliphatic rings. The van der Waals surface area contributed by atoms with E-state index in [1.807, 2.05) is 19.9 Å². The van der Waals surface area contributed by atoms with E-state index in [-0.39, 0.29) is 17.4 Å². The lowest BCUT2D eigenvalue weighted by atomic mass is 9.65. The Balaban J connectivity index is 1.25. The fourth-order valence-corrected chi connectivity index (χ4v) is 8.28. The minimum atomic E-state index is -0.0916. The summed E-state index contributed by atoms with van der Waals surface area (Å²) >= 11 is 0. The first-order valence-corrected chi connectivity index (χ1v) is 16.0. The standard InChI is InChI=1S/C32H53N5O3/c1-21-15-22(2)35-32(39)29(21)19-34-31(38)28-16-25(17-30(23(28)3)36(4)27-7-5-6-8-27)24-9-10-26(33-18-24)20-37-11-13-40-14-12-37/h15,23-28,30,33H,5-14,16-20H2,1-4H3,(H,34,38)(H,35,39). The molecule has 1 aromatic heterocycles. The molecule has 2 aliphatic heterocycles. The number of H-pyrrole nitrogens is 1. The third-order valence-corrected chi connectivity index (χ3v) is 10.8. The van der Waals surface area contributed by atoms with Gasteiger partial charge in [0, 0.05) is 61.5 Å². The van der Waals surface area contributed by atoms with Crippen LogP contribution in [0.1, 0.15) is 75.1 Å². The van der Waals surface area contributed by atoms with E-state index in [4.69, 9.17) is 4.74 Å². The number of rotatable bonds is 8. The summed E-state index contributed by atoms with van der Waals surface area (Å²) in [6.07, 6.45) is 9.81. The Morgan fingerprint density at radius 2 is 1.85 bits per heavy atom. The molecule has 3 N–H and O–H groups in total. The number of aromatic amines is 1. The summed E-state index contributed by atoms with van der Waals surface area (Å²) in [6.45, 7) is 12.4. The van der Waals surface area contributed by atoms with Gasteiger partial charge in [0.1, 0.15) is 0 Å². The van der Waals surface area contributed by atoms with Crippen molar-refractivity contribution in [3.8, 4) is 0 Å². The molecule has 5 rings (SSSR count). The van der Waals surface area contributed by atoms with Crippen LogP contribution in [0.15, 0.2) is 10.9 Å². The zero-order chi connectivity index (χ0) is 28.2. The molecule has 2 aliphatic carbocycles. The molecule has 0 radical (unpaired) electrons. The Morgan fingerprint density at radius 1 is 1.10 bits per heavy atom. The molecule has 3 heterocycles. The van der Waals surface area contributed by atoms with Crippen LogP contribution < -0.4 is 16.2 Å². The van der Waals surface area contributed by atoms with E-state index < -0.39 is 0 Å². The molecule has 2 saturated carbocycles. The van der Waals surface area contributed by atoms with Gasteiger partial charge in [-0.1, -0.05) is 19.8 Å². The van der Waals surface area contributed by atoms with Crippen LogP contribution in [0.3, 0.4) is 0 Å². The molecule has 40 heavy (non-hydrogen) atoms. The van der Waals surface area contributed by atoms with E-state index in [1.165, 1.54) is 44.9 Å². The van der Waals surface area contributed by atoms with Crippen molar-refractivity contribution < 1.29 is 9.53 Å². The van der Waals surface area contributed by atoms with Gasteiger partial charge in [-0.2, -0.15) is 0 Å². The number of nitrogens with one attached hydrogen (secondary N) is 3. The first-order valence-electron chi connectivity index (χ1n) is 16.0. The largest absolute Gasteiger partial charge is 0.379 e. The average molecular weight is 556 g/mol. The van der Waals surface area contributed by atoms with Crippen LogP contribution in [0.4, 0.5) is 0 Å². The number of ether oxygens (including phenoxy) is 1. The zero-order valence-electron chi connectivity index (χ0n) is 25.3. The van der Waals surface area contributed by atoms with Gasteiger partial charge < -0.3 is 25.3 Å². The highest BCUT2D eigenvalue weighted by Gasteiger charge is 2.44. The number of amides is 1. The van der Waals surface area contributed by atoms with Crippen LogP contribution in [0.25, 0.3) is 0 Å². The summed E-state index contributed by atoms with van der Waals surface area (Å²) in [4.78, 5) is 34.5. The third kappa shape index (κ3) is 7.00. The maximum absolute atomic E-state index is 13.8. The monoisotopic (exact) mass is 555 g/mol. The number of morpholine rings is 1. The van der Waals surface area contributed by atoms with Gasteiger partial charge in [0.15, 0.2) is 0 Å². The number of nitrogens with zero attached hydrogens (tertiary/aromatic N) is 2. The quantitative estimate of drug-likeness (QED) is 0.457.